The maximum Gasteiger partial charge on any atom is 0.265 e. The Kier molecular flexibility index (Phi) is 5.87. The van der Waals surface area contributed by atoms with E-state index in [4.69, 9.17) is 16.3 Å². The largest absolute Gasteiger partial charge is 0.481 e. The van der Waals surface area contributed by atoms with Crippen molar-refractivity contribution in [1.29, 1.82) is 0 Å². The van der Waals surface area contributed by atoms with Gasteiger partial charge in [0.15, 0.2) is 6.10 Å². The molecule has 0 fully saturated rings. The third kappa shape index (κ3) is 5.07. The average molecular weight is 367 g/mol. The number of hydrogen-bond donors (Lipinski definition) is 1. The number of nitrogens with zero attached hydrogens (tertiary/aromatic N) is 1. The number of carbonyl (C=O) groups is 1. The minimum atomic E-state index is -0.618. The van der Waals surface area contributed by atoms with Crippen molar-refractivity contribution in [2.24, 2.45) is 0 Å². The molecular weight excluding hydrogens is 348 g/mol. The molecule has 0 aliphatic carbocycles. The van der Waals surface area contributed by atoms with Gasteiger partial charge in [-0.3, -0.25) is 9.78 Å². The normalized spacial score (nSPS) is 11.6. The summed E-state index contributed by atoms with van der Waals surface area (Å²) < 4.78 is 5.63. The summed E-state index contributed by atoms with van der Waals surface area (Å²) in [6.07, 6.45) is 3.78. The van der Waals surface area contributed by atoms with Crippen molar-refractivity contribution in [3.05, 3.63) is 89.2 Å². The number of benzene rings is 2. The second kappa shape index (κ2) is 8.50. The fourth-order valence-corrected chi connectivity index (χ4v) is 2.58. The lowest BCUT2D eigenvalue weighted by Gasteiger charge is -2.15. The van der Waals surface area contributed by atoms with Gasteiger partial charge in [0.1, 0.15) is 5.75 Å². The molecule has 0 bridgehead atoms. The van der Waals surface area contributed by atoms with Crippen molar-refractivity contribution in [2.75, 3.05) is 5.32 Å². The molecular formula is C21H19ClN2O2. The van der Waals surface area contributed by atoms with Crippen molar-refractivity contribution in [3.63, 3.8) is 0 Å². The van der Waals surface area contributed by atoms with Gasteiger partial charge in [0.2, 0.25) is 0 Å². The van der Waals surface area contributed by atoms with Crippen molar-refractivity contribution >= 4 is 23.2 Å². The maximum absolute atomic E-state index is 12.3. The molecule has 1 amide bonds. The van der Waals surface area contributed by atoms with E-state index in [1.165, 1.54) is 11.1 Å². The van der Waals surface area contributed by atoms with Crippen LogP contribution in [-0.2, 0) is 11.2 Å². The zero-order chi connectivity index (χ0) is 18.4. The maximum atomic E-state index is 12.3. The predicted molar refractivity (Wildman–Crippen MR) is 104 cm³/mol. The summed E-state index contributed by atoms with van der Waals surface area (Å²) in [7, 11) is 0. The van der Waals surface area contributed by atoms with Crippen LogP contribution in [0, 0.1) is 0 Å². The molecule has 1 heterocycles. The molecule has 26 heavy (non-hydrogen) atoms. The van der Waals surface area contributed by atoms with E-state index in [1.807, 2.05) is 36.4 Å². The van der Waals surface area contributed by atoms with Gasteiger partial charge in [-0.15, -0.1) is 0 Å². The summed E-state index contributed by atoms with van der Waals surface area (Å²) in [6, 6.07) is 18.7. The number of carbonyl (C=O) groups excluding carboxylic acids is 1. The second-order valence-corrected chi connectivity index (χ2v) is 6.37. The van der Waals surface area contributed by atoms with Crippen LogP contribution in [0.5, 0.6) is 5.75 Å². The van der Waals surface area contributed by atoms with Crippen LogP contribution in [0.2, 0.25) is 5.02 Å². The Morgan fingerprint density at radius 2 is 1.62 bits per heavy atom. The summed E-state index contributed by atoms with van der Waals surface area (Å²) in [6.45, 7) is 1.71. The lowest BCUT2D eigenvalue weighted by atomic mass is 10.1. The molecule has 1 N–H and O–H groups in total. The van der Waals surface area contributed by atoms with Gasteiger partial charge >= 0.3 is 0 Å². The highest BCUT2D eigenvalue weighted by molar-refractivity contribution is 6.30. The molecule has 0 aliphatic heterocycles. The number of hydrogen-bond acceptors (Lipinski definition) is 3. The Bertz CT molecular complexity index is 849. The number of pyridine rings is 1. The van der Waals surface area contributed by atoms with Crippen LogP contribution in [0.3, 0.4) is 0 Å². The lowest BCUT2D eigenvalue weighted by molar-refractivity contribution is -0.122. The summed E-state index contributed by atoms with van der Waals surface area (Å²) >= 11 is 5.84. The molecule has 0 spiro atoms. The first-order valence-corrected chi connectivity index (χ1v) is 8.69. The summed E-state index contributed by atoms with van der Waals surface area (Å²) in [5, 5.41) is 3.49. The molecule has 132 valence electrons. The van der Waals surface area contributed by atoms with Gasteiger partial charge in [-0.2, -0.15) is 0 Å². The van der Waals surface area contributed by atoms with Crippen LogP contribution in [0.4, 0.5) is 5.69 Å². The number of rotatable bonds is 6. The van der Waals surface area contributed by atoms with Crippen molar-refractivity contribution in [2.45, 2.75) is 19.4 Å². The van der Waals surface area contributed by atoms with Gasteiger partial charge in [0.05, 0.1) is 0 Å². The van der Waals surface area contributed by atoms with Gasteiger partial charge in [-0.1, -0.05) is 23.7 Å². The lowest BCUT2D eigenvalue weighted by Crippen LogP contribution is -2.30. The summed E-state index contributed by atoms with van der Waals surface area (Å²) in [5.74, 6) is 0.395. The first kappa shape index (κ1) is 18.0. The highest BCUT2D eigenvalue weighted by atomic mass is 35.5. The van der Waals surface area contributed by atoms with Crippen LogP contribution in [0.1, 0.15) is 18.1 Å². The number of halogens is 1. The molecule has 1 atom stereocenters. The zero-order valence-corrected chi connectivity index (χ0v) is 15.1. The van der Waals surface area contributed by atoms with Crippen molar-refractivity contribution in [3.8, 4) is 5.75 Å². The summed E-state index contributed by atoms with van der Waals surface area (Å²) in [4.78, 5) is 16.3. The Hall–Kier alpha value is -2.85. The standard InChI is InChI=1S/C21H19ClN2O2/c1-15(26-20-8-4-18(22)5-9-20)21(25)24-19-6-2-16(3-7-19)14-17-10-12-23-13-11-17/h2-13,15H,14H2,1H3,(H,24,25)/t15-/m1/s1. The fourth-order valence-electron chi connectivity index (χ4n) is 2.46. The first-order valence-electron chi connectivity index (χ1n) is 8.31. The van der Waals surface area contributed by atoms with Gasteiger partial charge in [-0.05, 0) is 73.0 Å². The van der Waals surface area contributed by atoms with Gasteiger partial charge in [-0.25, -0.2) is 0 Å². The topological polar surface area (TPSA) is 51.2 Å². The van der Waals surface area contributed by atoms with E-state index in [9.17, 15) is 4.79 Å². The first-order chi connectivity index (χ1) is 12.6. The van der Waals surface area contributed by atoms with Crippen LogP contribution < -0.4 is 10.1 Å². The van der Waals surface area contributed by atoms with E-state index in [1.54, 1.807) is 43.6 Å². The number of nitrogens with one attached hydrogen (secondary N) is 1. The molecule has 1 aromatic heterocycles. The molecule has 0 saturated carbocycles. The smallest absolute Gasteiger partial charge is 0.265 e. The van der Waals surface area contributed by atoms with E-state index < -0.39 is 6.10 Å². The Morgan fingerprint density at radius 3 is 2.27 bits per heavy atom. The van der Waals surface area contributed by atoms with Gasteiger partial charge < -0.3 is 10.1 Å². The molecule has 0 saturated heterocycles. The molecule has 0 radical (unpaired) electrons. The van der Waals surface area contributed by atoms with Crippen LogP contribution in [-0.4, -0.2) is 17.0 Å². The Morgan fingerprint density at radius 1 is 1.00 bits per heavy atom. The number of anilines is 1. The third-order valence-electron chi connectivity index (χ3n) is 3.87. The SMILES string of the molecule is C[C@@H](Oc1ccc(Cl)cc1)C(=O)Nc1ccc(Cc2ccncc2)cc1. The van der Waals surface area contributed by atoms with Crippen molar-refractivity contribution < 1.29 is 9.53 Å². The predicted octanol–water partition coefficient (Wildman–Crippen LogP) is 4.73. The molecule has 3 aromatic rings. The van der Waals surface area contributed by atoms with Crippen LogP contribution in [0.25, 0.3) is 0 Å². The number of amides is 1. The van der Waals surface area contributed by atoms with E-state index in [0.29, 0.717) is 10.8 Å². The fraction of sp³-hybridized carbons (Fsp3) is 0.143. The van der Waals surface area contributed by atoms with Gasteiger partial charge in [0, 0.05) is 23.1 Å². The molecule has 3 rings (SSSR count). The quantitative estimate of drug-likeness (QED) is 0.686. The second-order valence-electron chi connectivity index (χ2n) is 5.93. The van der Waals surface area contributed by atoms with Crippen LogP contribution >= 0.6 is 11.6 Å². The highest BCUT2D eigenvalue weighted by Crippen LogP contribution is 2.18. The van der Waals surface area contributed by atoms with E-state index in [-0.39, 0.29) is 5.91 Å². The molecule has 4 nitrogen and oxygen atoms in total. The number of ether oxygens (including phenoxy) is 1. The Balaban J connectivity index is 1.56. The molecule has 0 aliphatic rings. The van der Waals surface area contributed by atoms with E-state index in [2.05, 4.69) is 10.3 Å². The minimum Gasteiger partial charge on any atom is -0.481 e. The monoisotopic (exact) mass is 366 g/mol. The average Bonchev–Trinajstić information content (AvgIpc) is 2.66. The van der Waals surface area contributed by atoms with Crippen LogP contribution in [0.15, 0.2) is 73.1 Å². The van der Waals surface area contributed by atoms with Crippen molar-refractivity contribution in [1.82, 2.24) is 4.98 Å². The zero-order valence-electron chi connectivity index (χ0n) is 14.4. The van der Waals surface area contributed by atoms with Gasteiger partial charge in [0.25, 0.3) is 5.91 Å². The summed E-state index contributed by atoms with van der Waals surface area (Å²) in [5.41, 5.74) is 3.10. The minimum absolute atomic E-state index is 0.207. The van der Waals surface area contributed by atoms with E-state index >= 15 is 0 Å². The highest BCUT2D eigenvalue weighted by Gasteiger charge is 2.14. The Labute approximate surface area is 157 Å². The molecule has 5 heteroatoms. The number of aromatic nitrogens is 1. The third-order valence-corrected chi connectivity index (χ3v) is 4.13. The molecule has 2 aromatic carbocycles. The molecule has 0 unspecified atom stereocenters. The van der Waals surface area contributed by atoms with E-state index in [0.717, 1.165) is 12.1 Å².